The molecule has 1 saturated heterocycles. The molecule has 2 amide bonds. The lowest BCUT2D eigenvalue weighted by atomic mass is 10.0. The maximum absolute atomic E-state index is 13.2. The molecule has 18 nitrogen and oxygen atoms in total. The highest BCUT2D eigenvalue weighted by Crippen LogP contribution is 2.40. The number of nitrogens with one attached hydrogen (secondary N) is 2. The predicted molar refractivity (Wildman–Crippen MR) is 150 cm³/mol. The normalized spacial score (nSPS) is 18.7. The number of nitrogens with two attached hydrogens (primary N) is 3. The van der Waals surface area contributed by atoms with Crippen molar-refractivity contribution in [3.05, 3.63) is 29.6 Å². The van der Waals surface area contributed by atoms with E-state index in [4.69, 9.17) is 22.0 Å². The largest absolute Gasteiger partial charge is 0.478 e. The Labute approximate surface area is 246 Å². The molecule has 20 heteroatoms. The number of β-lactam (4-membered cyclic amide) rings is 1. The fourth-order valence-electron chi connectivity index (χ4n) is 3.85. The molecule has 4 rings (SSSR count). The van der Waals surface area contributed by atoms with E-state index < -0.39 is 46.5 Å². The zero-order chi connectivity index (χ0) is 30.8. The van der Waals surface area contributed by atoms with Gasteiger partial charge in [0, 0.05) is 35.9 Å². The lowest BCUT2D eigenvalue weighted by Crippen LogP contribution is -2.71. The molecule has 42 heavy (non-hydrogen) atoms. The number of anilines is 3. The van der Waals surface area contributed by atoms with E-state index in [0.717, 1.165) is 16.4 Å². The number of thioether (sulfide) groups is 1. The summed E-state index contributed by atoms with van der Waals surface area (Å²) in [6.07, 6.45) is 3.11. The highest BCUT2D eigenvalue weighted by Gasteiger charge is 2.54. The van der Waals surface area contributed by atoms with Crippen LogP contribution in [0.1, 0.15) is 19.7 Å². The summed E-state index contributed by atoms with van der Waals surface area (Å²) in [6.45, 7) is 3.36. The van der Waals surface area contributed by atoms with Crippen molar-refractivity contribution in [1.29, 1.82) is 0 Å². The number of fused-ring (bicyclic) bond motifs is 1. The van der Waals surface area contributed by atoms with Gasteiger partial charge in [0.2, 0.25) is 17.1 Å². The van der Waals surface area contributed by atoms with Crippen molar-refractivity contribution in [2.45, 2.75) is 37.4 Å². The molecule has 2 aliphatic rings. The first-order valence-corrected chi connectivity index (χ1v) is 14.0. The van der Waals surface area contributed by atoms with E-state index in [1.54, 1.807) is 10.8 Å². The molecule has 0 bridgehead atoms. The number of oxime groups is 1. The zero-order valence-electron chi connectivity index (χ0n) is 22.3. The van der Waals surface area contributed by atoms with Crippen LogP contribution in [-0.4, -0.2) is 94.8 Å². The van der Waals surface area contributed by atoms with Crippen molar-refractivity contribution in [2.75, 3.05) is 35.6 Å². The third-order valence-corrected chi connectivity index (χ3v) is 7.92. The van der Waals surface area contributed by atoms with Gasteiger partial charge in [0.1, 0.15) is 35.5 Å². The standard InChI is InChI=1S/C22H27N11O7S2/c1-22(2,20(38)39)40-30-11(15-29-21(25)42-31-15)16(34)28-12-17(35)33-13(19(36)37)9(7-41-18(12)33)5-32-6-10(26-4-3-23)14(24)27-8-32/h6,8,12,18,24,26H,3-5,7,23H2,1-2H3,(H5,25,28,29,31,34,36,37,38,39)/p+1/b30-11-. The molecule has 0 saturated carbocycles. The Morgan fingerprint density at radius 1 is 1.31 bits per heavy atom. The number of aromatic nitrogens is 4. The monoisotopic (exact) mass is 622 g/mol. The molecule has 224 valence electrons. The van der Waals surface area contributed by atoms with Crippen LogP contribution in [0, 0.1) is 0 Å². The molecule has 2 aliphatic heterocycles. The van der Waals surface area contributed by atoms with Gasteiger partial charge in [0.15, 0.2) is 5.13 Å². The third kappa shape index (κ3) is 6.19. The average molecular weight is 623 g/mol. The van der Waals surface area contributed by atoms with E-state index in [1.165, 1.54) is 31.9 Å². The number of nitrogen functional groups attached to an aromatic ring is 2. The Morgan fingerprint density at radius 2 is 2.05 bits per heavy atom. The van der Waals surface area contributed by atoms with Crippen molar-refractivity contribution in [2.24, 2.45) is 10.9 Å². The summed E-state index contributed by atoms with van der Waals surface area (Å²) in [4.78, 5) is 64.2. The minimum Gasteiger partial charge on any atom is -0.478 e. The van der Waals surface area contributed by atoms with E-state index >= 15 is 0 Å². The first-order valence-electron chi connectivity index (χ1n) is 12.2. The molecule has 2 atom stereocenters. The molecular formula is C22H28N11O7S2+. The van der Waals surface area contributed by atoms with Crippen LogP contribution in [0.4, 0.5) is 16.6 Å². The van der Waals surface area contributed by atoms with Gasteiger partial charge in [-0.05, 0) is 18.8 Å². The van der Waals surface area contributed by atoms with E-state index in [-0.39, 0.29) is 34.8 Å². The number of hydrogen-bond acceptors (Lipinski definition) is 15. The van der Waals surface area contributed by atoms with Crippen molar-refractivity contribution in [3.63, 3.8) is 0 Å². The number of aliphatic carboxylic acids is 2. The van der Waals surface area contributed by atoms with Gasteiger partial charge in [-0.1, -0.05) is 5.16 Å². The number of nitrogens with zero attached hydrogens (tertiary/aromatic N) is 6. The Morgan fingerprint density at radius 3 is 2.67 bits per heavy atom. The van der Waals surface area contributed by atoms with E-state index in [2.05, 4.69) is 30.1 Å². The number of carboxylic acids is 2. The van der Waals surface area contributed by atoms with Crippen LogP contribution in [0.15, 0.2) is 29.0 Å². The molecule has 2 unspecified atom stereocenters. The van der Waals surface area contributed by atoms with E-state index in [9.17, 15) is 29.4 Å². The molecule has 2 aromatic rings. The van der Waals surface area contributed by atoms with Crippen LogP contribution < -0.4 is 32.4 Å². The Hall–Kier alpha value is -4.56. The smallest absolute Gasteiger partial charge is 0.352 e. The summed E-state index contributed by atoms with van der Waals surface area (Å²) >= 11 is 2.02. The van der Waals surface area contributed by atoms with Gasteiger partial charge in [-0.15, -0.1) is 11.8 Å². The lowest BCUT2D eigenvalue weighted by Gasteiger charge is -2.49. The number of amides is 2. The van der Waals surface area contributed by atoms with Gasteiger partial charge >= 0.3 is 11.9 Å². The SMILES string of the molecule is CC(C)(O/N=C(\C(=O)NC1C(=O)N2C(C(=O)O)=C(C[n+]3cnc(N)c(NCCN)c3)CSC12)c1nsc(N)n1)C(=O)O. The Balaban J connectivity index is 1.54. The molecule has 10 N–H and O–H groups in total. The van der Waals surface area contributed by atoms with Crippen LogP contribution in [0.5, 0.6) is 0 Å². The van der Waals surface area contributed by atoms with E-state index in [0.29, 0.717) is 24.4 Å². The predicted octanol–water partition coefficient (Wildman–Crippen LogP) is -2.22. The number of carboxylic acid groups (broad SMARTS) is 2. The maximum atomic E-state index is 13.2. The third-order valence-electron chi connectivity index (χ3n) is 6.03. The van der Waals surface area contributed by atoms with Gasteiger partial charge in [-0.2, -0.15) is 9.36 Å². The highest BCUT2D eigenvalue weighted by molar-refractivity contribution is 8.00. The second kappa shape index (κ2) is 12.1. The van der Waals surface area contributed by atoms with Gasteiger partial charge in [0.05, 0.1) is 0 Å². The highest BCUT2D eigenvalue weighted by atomic mass is 32.2. The number of carbonyl (C=O) groups is 4. The van der Waals surface area contributed by atoms with Gasteiger partial charge in [-0.25, -0.2) is 14.2 Å². The van der Waals surface area contributed by atoms with Crippen LogP contribution in [0.25, 0.3) is 0 Å². The van der Waals surface area contributed by atoms with Gasteiger partial charge in [0.25, 0.3) is 24.0 Å². The maximum Gasteiger partial charge on any atom is 0.352 e. The fraction of sp³-hybridized carbons (Fsp3) is 0.409. The van der Waals surface area contributed by atoms with Gasteiger partial charge in [-0.3, -0.25) is 14.5 Å². The number of hydrogen-bond donors (Lipinski definition) is 7. The van der Waals surface area contributed by atoms with Crippen molar-refractivity contribution >= 4 is 69.4 Å². The first-order chi connectivity index (χ1) is 19.8. The quantitative estimate of drug-likeness (QED) is 0.0571. The minimum atomic E-state index is -1.80. The molecule has 1 fully saturated rings. The van der Waals surface area contributed by atoms with E-state index in [1.807, 2.05) is 0 Å². The van der Waals surface area contributed by atoms with Crippen molar-refractivity contribution in [1.82, 2.24) is 24.6 Å². The lowest BCUT2D eigenvalue weighted by molar-refractivity contribution is -0.691. The Bertz CT molecular complexity index is 1490. The molecule has 4 heterocycles. The van der Waals surface area contributed by atoms with Gasteiger partial charge < -0.3 is 42.9 Å². The van der Waals surface area contributed by atoms with Crippen LogP contribution in [0.2, 0.25) is 0 Å². The fourth-order valence-corrected chi connectivity index (χ4v) is 5.62. The summed E-state index contributed by atoms with van der Waals surface area (Å²) in [6, 6.07) is -1.12. The summed E-state index contributed by atoms with van der Waals surface area (Å²) in [7, 11) is 0. The summed E-state index contributed by atoms with van der Waals surface area (Å²) < 4.78 is 5.55. The minimum absolute atomic E-state index is 0.0111. The first kappa shape index (κ1) is 30.4. The van der Waals surface area contributed by atoms with Crippen molar-refractivity contribution in [3.8, 4) is 0 Å². The van der Waals surface area contributed by atoms with Crippen molar-refractivity contribution < 1.29 is 38.8 Å². The molecular weight excluding hydrogens is 594 g/mol. The van der Waals surface area contributed by atoms with Crippen LogP contribution in [0.3, 0.4) is 0 Å². The second-order valence-electron chi connectivity index (χ2n) is 9.48. The molecule has 0 radical (unpaired) electrons. The molecule has 0 aromatic carbocycles. The summed E-state index contributed by atoms with van der Waals surface area (Å²) in [5, 5.41) is 27.8. The average Bonchev–Trinajstić information content (AvgIpc) is 3.37. The van der Waals surface area contributed by atoms with Crippen LogP contribution >= 0.6 is 23.3 Å². The summed E-state index contributed by atoms with van der Waals surface area (Å²) in [5.74, 6) is -4.03. The summed E-state index contributed by atoms with van der Waals surface area (Å²) in [5.41, 5.74) is 15.5. The topological polar surface area (TPSA) is 278 Å². The number of rotatable bonds is 12. The molecule has 2 aromatic heterocycles. The molecule has 0 aliphatic carbocycles. The Kier molecular flexibility index (Phi) is 8.78. The van der Waals surface area contributed by atoms with Crippen LogP contribution in [-0.2, 0) is 30.6 Å². The second-order valence-corrected chi connectivity index (χ2v) is 11.4. The molecule has 0 spiro atoms. The zero-order valence-corrected chi connectivity index (χ0v) is 23.9. The number of carbonyl (C=O) groups excluding carboxylic acids is 2.